The van der Waals surface area contributed by atoms with Crippen LogP contribution in [0, 0.1) is 0 Å². The summed E-state index contributed by atoms with van der Waals surface area (Å²) in [7, 11) is 1.78. The molecule has 2 aromatic rings. The highest BCUT2D eigenvalue weighted by Crippen LogP contribution is 2.16. The molecule has 3 nitrogen and oxygen atoms in total. The quantitative estimate of drug-likeness (QED) is 0.838. The molecule has 2 rings (SSSR count). The number of nitrogens with zero attached hydrogens (tertiary/aromatic N) is 1. The second kappa shape index (κ2) is 7.10. The molecular weight excluding hydrogens is 318 g/mol. The van der Waals surface area contributed by atoms with Crippen molar-refractivity contribution in [3.8, 4) is 5.75 Å². The maximum atomic E-state index is 12.0. The monoisotopic (exact) mass is 333 g/mol. The van der Waals surface area contributed by atoms with Crippen LogP contribution in [0.3, 0.4) is 0 Å². The van der Waals surface area contributed by atoms with Crippen LogP contribution in [0.25, 0.3) is 0 Å². The van der Waals surface area contributed by atoms with Gasteiger partial charge in [0, 0.05) is 18.1 Å². The molecule has 0 heterocycles. The van der Waals surface area contributed by atoms with E-state index in [4.69, 9.17) is 4.74 Å². The molecule has 1 amide bonds. The van der Waals surface area contributed by atoms with E-state index in [0.717, 1.165) is 10.0 Å². The van der Waals surface area contributed by atoms with Gasteiger partial charge in [-0.1, -0.05) is 46.3 Å². The van der Waals surface area contributed by atoms with E-state index in [9.17, 15) is 4.79 Å². The Labute approximate surface area is 127 Å². The molecule has 0 bridgehead atoms. The molecule has 4 heteroatoms. The van der Waals surface area contributed by atoms with Crippen molar-refractivity contribution in [2.24, 2.45) is 0 Å². The number of carbonyl (C=O) groups excluding carboxylic acids is 1. The molecule has 20 heavy (non-hydrogen) atoms. The third kappa shape index (κ3) is 4.38. The molecule has 0 saturated heterocycles. The van der Waals surface area contributed by atoms with Gasteiger partial charge in [-0.15, -0.1) is 0 Å². The number of amides is 1. The van der Waals surface area contributed by atoms with E-state index in [2.05, 4.69) is 15.9 Å². The van der Waals surface area contributed by atoms with Crippen molar-refractivity contribution in [3.63, 3.8) is 0 Å². The first kappa shape index (κ1) is 14.6. The van der Waals surface area contributed by atoms with Crippen molar-refractivity contribution in [3.05, 3.63) is 64.6 Å². The SMILES string of the molecule is CN(Cc1ccccc1)C(=O)COc1ccc(Br)cc1. The highest BCUT2D eigenvalue weighted by atomic mass is 79.9. The Kier molecular flexibility index (Phi) is 5.18. The van der Waals surface area contributed by atoms with E-state index in [1.165, 1.54) is 0 Å². The predicted octanol–water partition coefficient (Wildman–Crippen LogP) is 3.49. The molecule has 0 aliphatic heterocycles. The molecule has 0 fully saturated rings. The molecule has 2 aromatic carbocycles. The third-order valence-corrected chi connectivity index (χ3v) is 3.39. The van der Waals surface area contributed by atoms with E-state index in [-0.39, 0.29) is 12.5 Å². The number of likely N-dealkylation sites (N-methyl/N-ethyl adjacent to an activating group) is 1. The maximum absolute atomic E-state index is 12.0. The summed E-state index contributed by atoms with van der Waals surface area (Å²) >= 11 is 3.36. The standard InChI is InChI=1S/C16H16BrNO2/c1-18(11-13-5-3-2-4-6-13)16(19)12-20-15-9-7-14(17)8-10-15/h2-10H,11-12H2,1H3. The smallest absolute Gasteiger partial charge is 0.260 e. The van der Waals surface area contributed by atoms with Crippen molar-refractivity contribution in [1.29, 1.82) is 0 Å². The van der Waals surface area contributed by atoms with E-state index >= 15 is 0 Å². The Balaban J connectivity index is 1.83. The summed E-state index contributed by atoms with van der Waals surface area (Å²) < 4.78 is 6.45. The zero-order chi connectivity index (χ0) is 14.4. The fourth-order valence-corrected chi connectivity index (χ4v) is 2.00. The lowest BCUT2D eigenvalue weighted by molar-refractivity contribution is -0.132. The van der Waals surface area contributed by atoms with Crippen molar-refractivity contribution >= 4 is 21.8 Å². The van der Waals surface area contributed by atoms with Crippen LogP contribution in [-0.4, -0.2) is 24.5 Å². The van der Waals surface area contributed by atoms with Gasteiger partial charge in [-0.25, -0.2) is 0 Å². The van der Waals surface area contributed by atoms with Crippen molar-refractivity contribution in [2.75, 3.05) is 13.7 Å². The summed E-state index contributed by atoms with van der Waals surface area (Å²) in [6, 6.07) is 17.3. The first-order valence-corrected chi connectivity index (χ1v) is 7.11. The Hall–Kier alpha value is -1.81. The van der Waals surface area contributed by atoms with Gasteiger partial charge < -0.3 is 9.64 Å². The number of hydrogen-bond acceptors (Lipinski definition) is 2. The average molecular weight is 334 g/mol. The van der Waals surface area contributed by atoms with E-state index in [1.54, 1.807) is 11.9 Å². The summed E-state index contributed by atoms with van der Waals surface area (Å²) in [4.78, 5) is 13.6. The lowest BCUT2D eigenvalue weighted by Gasteiger charge is -2.17. The Bertz CT molecular complexity index is 554. The third-order valence-electron chi connectivity index (χ3n) is 2.86. The second-order valence-corrected chi connectivity index (χ2v) is 5.39. The average Bonchev–Trinajstić information content (AvgIpc) is 2.47. The molecule has 0 aromatic heterocycles. The molecular formula is C16H16BrNO2. The van der Waals surface area contributed by atoms with Gasteiger partial charge in [0.25, 0.3) is 5.91 Å². The summed E-state index contributed by atoms with van der Waals surface area (Å²) in [6.07, 6.45) is 0. The first-order chi connectivity index (χ1) is 9.65. The molecule has 0 spiro atoms. The number of halogens is 1. The number of benzene rings is 2. The van der Waals surface area contributed by atoms with E-state index in [0.29, 0.717) is 12.3 Å². The summed E-state index contributed by atoms with van der Waals surface area (Å²) in [6.45, 7) is 0.633. The van der Waals surface area contributed by atoms with Crippen LogP contribution >= 0.6 is 15.9 Å². The van der Waals surface area contributed by atoms with Gasteiger partial charge in [0.1, 0.15) is 5.75 Å². The van der Waals surface area contributed by atoms with E-state index in [1.807, 2.05) is 54.6 Å². The summed E-state index contributed by atoms with van der Waals surface area (Å²) in [5.41, 5.74) is 1.10. The predicted molar refractivity (Wildman–Crippen MR) is 82.6 cm³/mol. The van der Waals surface area contributed by atoms with Crippen molar-refractivity contribution < 1.29 is 9.53 Å². The van der Waals surface area contributed by atoms with Gasteiger partial charge in [-0.2, -0.15) is 0 Å². The van der Waals surface area contributed by atoms with Gasteiger partial charge in [0.2, 0.25) is 0 Å². The van der Waals surface area contributed by atoms with Crippen LogP contribution in [0.5, 0.6) is 5.75 Å². The fourth-order valence-electron chi connectivity index (χ4n) is 1.73. The molecule has 0 N–H and O–H groups in total. The highest BCUT2D eigenvalue weighted by Gasteiger charge is 2.09. The first-order valence-electron chi connectivity index (χ1n) is 6.31. The van der Waals surface area contributed by atoms with Gasteiger partial charge >= 0.3 is 0 Å². The van der Waals surface area contributed by atoms with Crippen LogP contribution < -0.4 is 4.74 Å². The fraction of sp³-hybridized carbons (Fsp3) is 0.188. The minimum atomic E-state index is -0.0447. The number of ether oxygens (including phenoxy) is 1. The Morgan fingerprint density at radius 1 is 1.10 bits per heavy atom. The normalized spacial score (nSPS) is 10.1. The molecule has 104 valence electrons. The summed E-state index contributed by atoms with van der Waals surface area (Å²) in [5, 5.41) is 0. The van der Waals surface area contributed by atoms with Crippen molar-refractivity contribution in [2.45, 2.75) is 6.54 Å². The zero-order valence-corrected chi connectivity index (χ0v) is 12.8. The molecule has 0 atom stereocenters. The van der Waals surface area contributed by atoms with Crippen LogP contribution in [-0.2, 0) is 11.3 Å². The van der Waals surface area contributed by atoms with Gasteiger partial charge in [-0.05, 0) is 29.8 Å². The number of carbonyl (C=O) groups is 1. The minimum absolute atomic E-state index is 0.0447. The van der Waals surface area contributed by atoms with Gasteiger partial charge in [0.05, 0.1) is 0 Å². The number of rotatable bonds is 5. The lowest BCUT2D eigenvalue weighted by Crippen LogP contribution is -2.30. The van der Waals surface area contributed by atoms with Gasteiger partial charge in [-0.3, -0.25) is 4.79 Å². The molecule has 0 radical (unpaired) electrons. The maximum Gasteiger partial charge on any atom is 0.260 e. The lowest BCUT2D eigenvalue weighted by atomic mass is 10.2. The second-order valence-electron chi connectivity index (χ2n) is 4.48. The molecule has 0 aliphatic carbocycles. The Morgan fingerprint density at radius 2 is 1.75 bits per heavy atom. The minimum Gasteiger partial charge on any atom is -0.484 e. The van der Waals surface area contributed by atoms with Crippen molar-refractivity contribution in [1.82, 2.24) is 4.90 Å². The van der Waals surface area contributed by atoms with Crippen LogP contribution in [0.2, 0.25) is 0 Å². The number of hydrogen-bond donors (Lipinski definition) is 0. The molecule has 0 aliphatic rings. The highest BCUT2D eigenvalue weighted by molar-refractivity contribution is 9.10. The van der Waals surface area contributed by atoms with Crippen LogP contribution in [0.1, 0.15) is 5.56 Å². The van der Waals surface area contributed by atoms with Gasteiger partial charge in [0.15, 0.2) is 6.61 Å². The Morgan fingerprint density at radius 3 is 2.40 bits per heavy atom. The topological polar surface area (TPSA) is 29.5 Å². The van der Waals surface area contributed by atoms with E-state index < -0.39 is 0 Å². The molecule has 0 saturated carbocycles. The summed E-state index contributed by atoms with van der Waals surface area (Å²) in [5.74, 6) is 0.645. The largest absolute Gasteiger partial charge is 0.484 e. The van der Waals surface area contributed by atoms with Crippen LogP contribution in [0.15, 0.2) is 59.1 Å². The molecule has 0 unspecified atom stereocenters. The zero-order valence-electron chi connectivity index (χ0n) is 11.3. The van der Waals surface area contributed by atoms with Crippen LogP contribution in [0.4, 0.5) is 0 Å².